The molecule has 4 rings (SSSR count). The summed E-state index contributed by atoms with van der Waals surface area (Å²) in [5, 5.41) is 15.8. The average Bonchev–Trinajstić information content (AvgIpc) is 3.60. The summed E-state index contributed by atoms with van der Waals surface area (Å²) >= 11 is 0. The van der Waals surface area contributed by atoms with E-state index in [1.807, 2.05) is 67.9 Å². The third-order valence-electron chi connectivity index (χ3n) is 6.36. The lowest BCUT2D eigenvalue weighted by Crippen LogP contribution is -2.37. The van der Waals surface area contributed by atoms with Gasteiger partial charge in [-0.2, -0.15) is 5.10 Å². The fourth-order valence-corrected chi connectivity index (χ4v) is 4.28. The van der Waals surface area contributed by atoms with Crippen LogP contribution in [0.15, 0.2) is 54.6 Å². The Morgan fingerprint density at radius 1 is 1.08 bits per heavy atom. The number of aliphatic hydroxyl groups excluding tert-OH is 1. The van der Waals surface area contributed by atoms with E-state index in [4.69, 9.17) is 14.6 Å². The minimum Gasteiger partial charge on any atom is -0.439 e. The molecule has 1 fully saturated rings. The van der Waals surface area contributed by atoms with E-state index in [1.165, 1.54) is 18.4 Å². The van der Waals surface area contributed by atoms with Gasteiger partial charge in [-0.1, -0.05) is 42.8 Å². The Morgan fingerprint density at radius 3 is 2.39 bits per heavy atom. The molecule has 1 aromatic heterocycles. The van der Waals surface area contributed by atoms with E-state index in [2.05, 4.69) is 30.9 Å². The summed E-state index contributed by atoms with van der Waals surface area (Å²) in [6, 6.07) is 18.3. The summed E-state index contributed by atoms with van der Waals surface area (Å²) in [6.07, 6.45) is 2.74. The van der Waals surface area contributed by atoms with Gasteiger partial charge in [0.15, 0.2) is 0 Å². The van der Waals surface area contributed by atoms with E-state index >= 15 is 0 Å². The minimum absolute atomic E-state index is 0.274. The fraction of sp³-hybridized carbons (Fsp3) is 0.500. The molecule has 3 aromatic rings. The Bertz CT molecular complexity index is 1100. The van der Waals surface area contributed by atoms with Crippen molar-refractivity contribution in [3.8, 4) is 17.3 Å². The number of hydrogen-bond donors (Lipinski definition) is 1. The first-order valence-corrected chi connectivity index (χ1v) is 13.2. The van der Waals surface area contributed by atoms with E-state index in [0.717, 1.165) is 41.5 Å². The van der Waals surface area contributed by atoms with Gasteiger partial charge in [-0.25, -0.2) is 4.68 Å². The van der Waals surface area contributed by atoms with Crippen LogP contribution >= 0.6 is 0 Å². The molecule has 0 unspecified atom stereocenters. The van der Waals surface area contributed by atoms with Crippen molar-refractivity contribution in [3.05, 3.63) is 71.4 Å². The second-order valence-corrected chi connectivity index (χ2v) is 11.0. The molecule has 1 aliphatic rings. The molecule has 6 nitrogen and oxygen atoms in total. The van der Waals surface area contributed by atoms with Gasteiger partial charge in [-0.15, -0.1) is 0 Å². The monoisotopic (exact) mass is 491 g/mol. The van der Waals surface area contributed by atoms with Crippen LogP contribution in [-0.2, 0) is 17.7 Å². The highest BCUT2D eigenvalue weighted by Gasteiger charge is 2.29. The Hall–Kier alpha value is -2.67. The first-order chi connectivity index (χ1) is 17.2. The molecule has 1 N–H and O–H groups in total. The number of benzene rings is 2. The maximum Gasteiger partial charge on any atom is 0.227 e. The lowest BCUT2D eigenvalue weighted by molar-refractivity contribution is -0.0569. The number of nitrogens with zero attached hydrogens (tertiary/aromatic N) is 3. The third kappa shape index (κ3) is 7.42. The van der Waals surface area contributed by atoms with Crippen LogP contribution < -0.4 is 4.74 Å². The summed E-state index contributed by atoms with van der Waals surface area (Å²) in [5.41, 5.74) is 3.97. The number of para-hydroxylation sites is 1. The van der Waals surface area contributed by atoms with Crippen LogP contribution in [-0.4, -0.2) is 51.2 Å². The molecule has 6 heteroatoms. The van der Waals surface area contributed by atoms with E-state index in [-0.39, 0.29) is 5.60 Å². The molecular formula is C30H41N3O3. The van der Waals surface area contributed by atoms with Crippen LogP contribution in [0.4, 0.5) is 0 Å². The molecule has 1 aliphatic carbocycles. The number of aryl methyl sites for hydroxylation is 2. The Morgan fingerprint density at radius 2 is 1.78 bits per heavy atom. The SMILES string of the molecule is CCc1nn(-c2ccccc2)c(Oc2ccc(C)cc2)c1CN(CC1CC1)C[C@@H](O)COC(C)(C)C. The van der Waals surface area contributed by atoms with Crippen molar-refractivity contribution in [3.63, 3.8) is 0 Å². The van der Waals surface area contributed by atoms with Crippen molar-refractivity contribution in [1.82, 2.24) is 14.7 Å². The highest BCUT2D eigenvalue weighted by atomic mass is 16.5. The quantitative estimate of drug-likeness (QED) is 0.341. The highest BCUT2D eigenvalue weighted by molar-refractivity contribution is 5.44. The largest absolute Gasteiger partial charge is 0.439 e. The van der Waals surface area contributed by atoms with Gasteiger partial charge in [0.1, 0.15) is 5.75 Å². The molecule has 1 atom stereocenters. The second kappa shape index (κ2) is 11.6. The summed E-state index contributed by atoms with van der Waals surface area (Å²) in [4.78, 5) is 2.35. The summed E-state index contributed by atoms with van der Waals surface area (Å²) < 4.78 is 14.3. The average molecular weight is 492 g/mol. The zero-order valence-corrected chi connectivity index (χ0v) is 22.4. The van der Waals surface area contributed by atoms with Gasteiger partial charge in [0.2, 0.25) is 5.88 Å². The maximum atomic E-state index is 10.8. The lowest BCUT2D eigenvalue weighted by Gasteiger charge is -2.27. The molecule has 0 aliphatic heterocycles. The van der Waals surface area contributed by atoms with Gasteiger partial charge >= 0.3 is 0 Å². The van der Waals surface area contributed by atoms with E-state index in [1.54, 1.807) is 0 Å². The van der Waals surface area contributed by atoms with Crippen molar-refractivity contribution >= 4 is 0 Å². The van der Waals surface area contributed by atoms with Crippen molar-refractivity contribution < 1.29 is 14.6 Å². The van der Waals surface area contributed by atoms with Crippen LogP contribution in [0.3, 0.4) is 0 Å². The van der Waals surface area contributed by atoms with Crippen LogP contribution in [0.5, 0.6) is 11.6 Å². The standard InChI is InChI=1S/C30H41N3O3/c1-6-28-27(20-32(18-23-14-15-23)19-25(34)21-35-30(3,4)5)29(36-26-16-12-22(2)13-17-26)33(31-28)24-10-8-7-9-11-24/h7-13,16-17,23,25,34H,6,14-15,18-21H2,1-5H3/t25-/m1/s1. The normalized spacial score (nSPS) is 14.9. The Labute approximate surface area is 215 Å². The second-order valence-electron chi connectivity index (χ2n) is 11.0. The Kier molecular flexibility index (Phi) is 8.50. The lowest BCUT2D eigenvalue weighted by atomic mass is 10.1. The van der Waals surface area contributed by atoms with Crippen molar-refractivity contribution in [2.24, 2.45) is 5.92 Å². The van der Waals surface area contributed by atoms with Gasteiger partial charge in [0.25, 0.3) is 0 Å². The summed E-state index contributed by atoms with van der Waals surface area (Å²) in [6.45, 7) is 12.7. The van der Waals surface area contributed by atoms with Gasteiger partial charge < -0.3 is 14.6 Å². The minimum atomic E-state index is -0.557. The predicted molar refractivity (Wildman–Crippen MR) is 144 cm³/mol. The fourth-order valence-electron chi connectivity index (χ4n) is 4.28. The molecule has 0 amide bonds. The molecule has 1 heterocycles. The molecule has 2 aromatic carbocycles. The maximum absolute atomic E-state index is 10.8. The van der Waals surface area contributed by atoms with E-state index in [9.17, 15) is 5.11 Å². The van der Waals surface area contributed by atoms with Gasteiger partial charge in [0.05, 0.1) is 35.3 Å². The molecular weight excluding hydrogens is 450 g/mol. The van der Waals surface area contributed by atoms with Crippen molar-refractivity contribution in [1.29, 1.82) is 0 Å². The van der Waals surface area contributed by atoms with Crippen LogP contribution in [0.1, 0.15) is 57.4 Å². The molecule has 0 saturated heterocycles. The molecule has 194 valence electrons. The van der Waals surface area contributed by atoms with Gasteiger partial charge in [-0.05, 0) is 77.1 Å². The Balaban J connectivity index is 1.65. The zero-order chi connectivity index (χ0) is 25.7. The molecule has 0 bridgehead atoms. The molecule has 36 heavy (non-hydrogen) atoms. The topological polar surface area (TPSA) is 59.8 Å². The number of ether oxygens (including phenoxy) is 2. The number of rotatable bonds is 12. The molecule has 1 saturated carbocycles. The predicted octanol–water partition coefficient (Wildman–Crippen LogP) is 5.92. The highest BCUT2D eigenvalue weighted by Crippen LogP contribution is 2.34. The first-order valence-electron chi connectivity index (χ1n) is 13.2. The third-order valence-corrected chi connectivity index (χ3v) is 6.36. The zero-order valence-electron chi connectivity index (χ0n) is 22.4. The van der Waals surface area contributed by atoms with Crippen LogP contribution in [0.25, 0.3) is 5.69 Å². The number of aromatic nitrogens is 2. The first kappa shape index (κ1) is 26.4. The summed E-state index contributed by atoms with van der Waals surface area (Å²) in [7, 11) is 0. The van der Waals surface area contributed by atoms with Crippen molar-refractivity contribution in [2.45, 2.75) is 72.1 Å². The van der Waals surface area contributed by atoms with Crippen LogP contribution in [0, 0.1) is 12.8 Å². The molecule has 0 radical (unpaired) electrons. The van der Waals surface area contributed by atoms with Crippen molar-refractivity contribution in [2.75, 3.05) is 19.7 Å². The van der Waals surface area contributed by atoms with E-state index in [0.29, 0.717) is 25.6 Å². The molecule has 0 spiro atoms. The van der Waals surface area contributed by atoms with Gasteiger partial charge in [0, 0.05) is 19.6 Å². The summed E-state index contributed by atoms with van der Waals surface area (Å²) in [5.74, 6) is 2.22. The number of aliphatic hydroxyl groups is 1. The smallest absolute Gasteiger partial charge is 0.227 e. The van der Waals surface area contributed by atoms with E-state index < -0.39 is 6.10 Å². The van der Waals surface area contributed by atoms with Crippen LogP contribution in [0.2, 0.25) is 0 Å². The van der Waals surface area contributed by atoms with Gasteiger partial charge in [-0.3, -0.25) is 4.90 Å². The number of hydrogen-bond acceptors (Lipinski definition) is 5.